The van der Waals surface area contributed by atoms with E-state index in [0.717, 1.165) is 0 Å². The minimum absolute atomic E-state index is 0.0324. The van der Waals surface area contributed by atoms with E-state index in [2.05, 4.69) is 0 Å². The molecule has 0 radical (unpaired) electrons. The number of ether oxygens (including phenoxy) is 1. The fourth-order valence-electron chi connectivity index (χ4n) is 3.38. The first-order chi connectivity index (χ1) is 15.8. The Bertz CT molecular complexity index is 1290. The molecule has 4 rings (SSSR count). The highest BCUT2D eigenvalue weighted by Crippen LogP contribution is 2.34. The third-order valence-corrected chi connectivity index (χ3v) is 5.69. The molecule has 0 saturated carbocycles. The number of rotatable bonds is 4. The molecule has 2 amide bonds. The lowest BCUT2D eigenvalue weighted by atomic mass is 10.0. The summed E-state index contributed by atoms with van der Waals surface area (Å²) in [5.41, 5.74) is 1.15. The smallest absolute Gasteiger partial charge is 0.270 e. The van der Waals surface area contributed by atoms with Gasteiger partial charge < -0.3 is 9.84 Å². The number of benzene rings is 3. The second kappa shape index (κ2) is 9.23. The topological polar surface area (TPSA) is 70.1 Å². The summed E-state index contributed by atoms with van der Waals surface area (Å²) >= 11 is 17.9. The van der Waals surface area contributed by atoms with Gasteiger partial charge in [-0.1, -0.05) is 47.5 Å². The van der Waals surface area contributed by atoms with Crippen LogP contribution in [0.1, 0.15) is 5.56 Å². The van der Waals surface area contributed by atoms with Gasteiger partial charge >= 0.3 is 0 Å². The predicted octanol–water partition coefficient (Wildman–Crippen LogP) is 5.46. The molecule has 1 aliphatic heterocycles. The van der Waals surface area contributed by atoms with E-state index in [-0.39, 0.29) is 22.2 Å². The van der Waals surface area contributed by atoms with E-state index in [1.807, 2.05) is 0 Å². The molecule has 0 atom stereocenters. The third-order valence-electron chi connectivity index (χ3n) is 4.88. The Morgan fingerprint density at radius 1 is 0.879 bits per heavy atom. The Morgan fingerprint density at radius 3 is 2.09 bits per heavy atom. The summed E-state index contributed by atoms with van der Waals surface area (Å²) in [6, 6.07) is 17.9. The van der Waals surface area contributed by atoms with Crippen LogP contribution in [0.3, 0.4) is 0 Å². The minimum Gasteiger partial charge on any atom is -0.504 e. The molecule has 9 heteroatoms. The van der Waals surface area contributed by atoms with Gasteiger partial charge in [0.25, 0.3) is 11.8 Å². The highest BCUT2D eigenvalue weighted by atomic mass is 35.5. The predicted molar refractivity (Wildman–Crippen MR) is 133 cm³/mol. The van der Waals surface area contributed by atoms with Gasteiger partial charge in [0, 0.05) is 10.0 Å². The molecular formula is C24H16Cl2N2O4S. The zero-order valence-electron chi connectivity index (χ0n) is 17.2. The lowest BCUT2D eigenvalue weighted by Gasteiger charge is -2.36. The fourth-order valence-corrected chi connectivity index (χ4v) is 4.27. The van der Waals surface area contributed by atoms with Crippen LogP contribution < -0.4 is 14.5 Å². The maximum atomic E-state index is 13.5. The van der Waals surface area contributed by atoms with Crippen LogP contribution in [0.2, 0.25) is 10.0 Å². The van der Waals surface area contributed by atoms with E-state index in [9.17, 15) is 14.7 Å². The number of nitrogens with zero attached hydrogens (tertiary/aromatic N) is 2. The molecule has 166 valence electrons. The summed E-state index contributed by atoms with van der Waals surface area (Å²) in [5.74, 6) is -1.09. The van der Waals surface area contributed by atoms with Gasteiger partial charge in [0.1, 0.15) is 5.57 Å². The number of aromatic hydroxyl groups is 1. The molecule has 0 bridgehead atoms. The summed E-state index contributed by atoms with van der Waals surface area (Å²) in [5, 5.41) is 10.5. The summed E-state index contributed by atoms with van der Waals surface area (Å²) in [7, 11) is 1.41. The van der Waals surface area contributed by atoms with Crippen molar-refractivity contribution < 1.29 is 19.4 Å². The molecular weight excluding hydrogens is 483 g/mol. The highest BCUT2D eigenvalue weighted by Gasteiger charge is 2.41. The Morgan fingerprint density at radius 2 is 1.48 bits per heavy atom. The van der Waals surface area contributed by atoms with Crippen molar-refractivity contribution in [1.82, 2.24) is 0 Å². The third kappa shape index (κ3) is 4.43. The van der Waals surface area contributed by atoms with Gasteiger partial charge in [-0.3, -0.25) is 19.4 Å². The molecule has 1 aliphatic rings. The number of amides is 2. The SMILES string of the molecule is COc1cc(/C=C2/C(=O)N(c3ccccc3)C(=S)N(c3cc(Cl)cc(Cl)c3)C2=O)ccc1O. The van der Waals surface area contributed by atoms with Gasteiger partial charge in [0.15, 0.2) is 16.6 Å². The summed E-state index contributed by atoms with van der Waals surface area (Å²) in [6.45, 7) is 0. The van der Waals surface area contributed by atoms with Gasteiger partial charge in [0.05, 0.1) is 18.5 Å². The van der Waals surface area contributed by atoms with Gasteiger partial charge in [-0.2, -0.15) is 0 Å². The number of carbonyl (C=O) groups is 2. The largest absolute Gasteiger partial charge is 0.504 e. The zero-order chi connectivity index (χ0) is 23.7. The summed E-state index contributed by atoms with van der Waals surface area (Å²) in [4.78, 5) is 29.5. The summed E-state index contributed by atoms with van der Waals surface area (Å²) in [6.07, 6.45) is 1.42. The van der Waals surface area contributed by atoms with E-state index < -0.39 is 11.8 Å². The van der Waals surface area contributed by atoms with E-state index in [4.69, 9.17) is 40.2 Å². The molecule has 3 aromatic rings. The average molecular weight is 499 g/mol. The number of hydrogen-bond acceptors (Lipinski definition) is 5. The number of anilines is 2. The quantitative estimate of drug-likeness (QED) is 0.294. The number of phenolic OH excluding ortho intramolecular Hbond substituents is 1. The highest BCUT2D eigenvalue weighted by molar-refractivity contribution is 7.81. The first-order valence-electron chi connectivity index (χ1n) is 9.63. The molecule has 0 unspecified atom stereocenters. The van der Waals surface area contributed by atoms with Crippen molar-refractivity contribution in [3.05, 3.63) is 87.9 Å². The molecule has 1 N–H and O–H groups in total. The van der Waals surface area contributed by atoms with E-state index in [0.29, 0.717) is 27.0 Å². The van der Waals surface area contributed by atoms with Gasteiger partial charge in [-0.05, 0) is 66.3 Å². The van der Waals surface area contributed by atoms with Crippen LogP contribution in [0.5, 0.6) is 11.5 Å². The molecule has 0 spiro atoms. The summed E-state index contributed by atoms with van der Waals surface area (Å²) < 4.78 is 5.13. The number of hydrogen-bond donors (Lipinski definition) is 1. The lowest BCUT2D eigenvalue weighted by Crippen LogP contribution is -2.56. The number of carbonyl (C=O) groups excluding carboxylic acids is 2. The monoisotopic (exact) mass is 498 g/mol. The molecule has 0 aromatic heterocycles. The number of thiocarbonyl (C=S) groups is 1. The van der Waals surface area contributed by atoms with Crippen LogP contribution in [0.15, 0.2) is 72.3 Å². The Kier molecular flexibility index (Phi) is 6.37. The Hall–Kier alpha value is -3.39. The number of methoxy groups -OCH3 is 1. The maximum absolute atomic E-state index is 13.5. The van der Waals surface area contributed by atoms with Crippen molar-refractivity contribution in [2.45, 2.75) is 0 Å². The molecule has 33 heavy (non-hydrogen) atoms. The number of phenols is 1. The maximum Gasteiger partial charge on any atom is 0.270 e. The van der Waals surface area contributed by atoms with Crippen LogP contribution in [0.25, 0.3) is 6.08 Å². The molecule has 3 aromatic carbocycles. The average Bonchev–Trinajstić information content (AvgIpc) is 2.78. The van der Waals surface area contributed by atoms with Crippen LogP contribution in [0, 0.1) is 0 Å². The van der Waals surface area contributed by atoms with Crippen molar-refractivity contribution in [2.24, 2.45) is 0 Å². The van der Waals surface area contributed by atoms with Crippen molar-refractivity contribution in [3.8, 4) is 11.5 Å². The zero-order valence-corrected chi connectivity index (χ0v) is 19.5. The van der Waals surface area contributed by atoms with Crippen molar-refractivity contribution in [2.75, 3.05) is 16.9 Å². The van der Waals surface area contributed by atoms with Crippen molar-refractivity contribution in [1.29, 1.82) is 0 Å². The number of para-hydroxylation sites is 1. The van der Waals surface area contributed by atoms with Crippen LogP contribution in [-0.2, 0) is 9.59 Å². The molecule has 1 heterocycles. The molecule has 6 nitrogen and oxygen atoms in total. The lowest BCUT2D eigenvalue weighted by molar-refractivity contribution is -0.120. The Labute approximate surface area is 205 Å². The van der Waals surface area contributed by atoms with Gasteiger partial charge in [-0.25, -0.2) is 0 Å². The van der Waals surface area contributed by atoms with Crippen LogP contribution >= 0.6 is 35.4 Å². The molecule has 1 saturated heterocycles. The minimum atomic E-state index is -0.637. The number of halogens is 2. The first-order valence-corrected chi connectivity index (χ1v) is 10.8. The van der Waals surface area contributed by atoms with Gasteiger partial charge in [0.2, 0.25) is 0 Å². The van der Waals surface area contributed by atoms with E-state index >= 15 is 0 Å². The molecule has 0 aliphatic carbocycles. The second-order valence-electron chi connectivity index (χ2n) is 7.02. The normalized spacial score (nSPS) is 15.4. The second-order valence-corrected chi connectivity index (χ2v) is 8.25. The molecule has 1 fully saturated rings. The fraction of sp³-hybridized carbons (Fsp3) is 0.0417. The van der Waals surface area contributed by atoms with Crippen LogP contribution in [0.4, 0.5) is 11.4 Å². The van der Waals surface area contributed by atoms with Crippen molar-refractivity contribution in [3.63, 3.8) is 0 Å². The standard InChI is InChI=1S/C24H16Cl2N2O4S/c1-32-21-10-14(7-8-20(21)29)9-19-22(30)27(17-5-3-2-4-6-17)24(33)28(23(19)31)18-12-15(25)11-16(26)13-18/h2-13,29H,1H3/b19-9-. The van der Waals surface area contributed by atoms with Gasteiger partial charge in [-0.15, -0.1) is 0 Å². The van der Waals surface area contributed by atoms with E-state index in [1.165, 1.54) is 53.3 Å². The van der Waals surface area contributed by atoms with E-state index in [1.54, 1.807) is 36.4 Å². The van der Waals surface area contributed by atoms with Crippen molar-refractivity contribution >= 4 is 69.8 Å². The van der Waals surface area contributed by atoms with Crippen LogP contribution in [-0.4, -0.2) is 29.1 Å². The first kappa shape index (κ1) is 22.8. The Balaban J connectivity index is 1.89.